The van der Waals surface area contributed by atoms with Gasteiger partial charge in [0.25, 0.3) is 0 Å². The molecule has 2 aromatic carbocycles. The van der Waals surface area contributed by atoms with Crippen molar-refractivity contribution in [2.45, 2.75) is 11.8 Å². The van der Waals surface area contributed by atoms with Crippen LogP contribution in [-0.2, 0) is 11.8 Å². The van der Waals surface area contributed by atoms with E-state index in [0.717, 1.165) is 21.5 Å². The van der Waals surface area contributed by atoms with E-state index in [1.54, 1.807) is 0 Å². The van der Waals surface area contributed by atoms with E-state index in [9.17, 15) is 0 Å². The lowest BCUT2D eigenvalue weighted by molar-refractivity contribution is 0.534. The van der Waals surface area contributed by atoms with Crippen molar-refractivity contribution in [2.75, 3.05) is 11.8 Å². The van der Waals surface area contributed by atoms with E-state index in [1.807, 2.05) is 42.5 Å². The summed E-state index contributed by atoms with van der Waals surface area (Å²) in [4.78, 5) is 0. The van der Waals surface area contributed by atoms with Crippen molar-refractivity contribution in [3.8, 4) is 0 Å². The first-order chi connectivity index (χ1) is 9.61. The molecule has 0 amide bonds. The molecule has 0 radical (unpaired) electrons. The van der Waals surface area contributed by atoms with E-state index in [4.69, 9.17) is 34.8 Å². The second kappa shape index (κ2) is 7.17. The van der Waals surface area contributed by atoms with Crippen molar-refractivity contribution in [2.24, 2.45) is 0 Å². The highest BCUT2D eigenvalue weighted by molar-refractivity contribution is 9.10. The third-order valence-electron chi connectivity index (χ3n) is 3.41. The van der Waals surface area contributed by atoms with E-state index >= 15 is 0 Å². The average molecular weight is 393 g/mol. The summed E-state index contributed by atoms with van der Waals surface area (Å²) in [6.45, 7) is 0. The largest absolute Gasteiger partial charge is 0.126 e. The van der Waals surface area contributed by atoms with E-state index in [1.165, 1.54) is 5.56 Å². The molecular formula is C16H14BrCl3. The third-order valence-corrected chi connectivity index (χ3v) is 5.38. The minimum atomic E-state index is -0.295. The van der Waals surface area contributed by atoms with Gasteiger partial charge in [0.2, 0.25) is 0 Å². The number of benzene rings is 2. The maximum atomic E-state index is 6.28. The molecule has 0 saturated heterocycles. The minimum absolute atomic E-state index is 0.295. The summed E-state index contributed by atoms with van der Waals surface area (Å²) >= 11 is 22.1. The maximum Gasteiger partial charge on any atom is 0.0406 e. The zero-order chi connectivity index (χ0) is 14.6. The smallest absolute Gasteiger partial charge is 0.0406 e. The molecule has 2 rings (SSSR count). The predicted molar refractivity (Wildman–Crippen MR) is 92.4 cm³/mol. The van der Waals surface area contributed by atoms with E-state index in [0.29, 0.717) is 11.8 Å². The Labute approximate surface area is 143 Å². The Kier molecular flexibility index (Phi) is 5.80. The van der Waals surface area contributed by atoms with Crippen molar-refractivity contribution < 1.29 is 0 Å². The van der Waals surface area contributed by atoms with Crippen LogP contribution in [0.5, 0.6) is 0 Å². The topological polar surface area (TPSA) is 0 Å². The number of hydrogen-bond donors (Lipinski definition) is 0. The second-order valence-corrected chi connectivity index (χ2v) is 6.66. The van der Waals surface area contributed by atoms with Gasteiger partial charge in [-0.05, 0) is 35.7 Å². The van der Waals surface area contributed by atoms with E-state index < -0.39 is 0 Å². The molecule has 0 unspecified atom stereocenters. The highest BCUT2D eigenvalue weighted by Crippen LogP contribution is 2.36. The molecule has 2 aromatic rings. The fraction of sp³-hybridized carbons (Fsp3) is 0.250. The highest BCUT2D eigenvalue weighted by atomic mass is 79.9. The van der Waals surface area contributed by atoms with Gasteiger partial charge in [-0.1, -0.05) is 57.9 Å². The van der Waals surface area contributed by atoms with Gasteiger partial charge in [-0.2, -0.15) is 0 Å². The van der Waals surface area contributed by atoms with E-state index in [-0.39, 0.29) is 5.41 Å². The molecule has 0 aromatic heterocycles. The summed E-state index contributed by atoms with van der Waals surface area (Å²) in [5.41, 5.74) is 2.02. The summed E-state index contributed by atoms with van der Waals surface area (Å²) < 4.78 is 1.04. The van der Waals surface area contributed by atoms with Crippen LogP contribution in [0.4, 0.5) is 0 Å². The first kappa shape index (κ1) is 16.2. The molecule has 0 heterocycles. The molecular weight excluding hydrogens is 378 g/mol. The zero-order valence-electron chi connectivity index (χ0n) is 10.8. The maximum absolute atomic E-state index is 6.28. The van der Waals surface area contributed by atoms with Crippen molar-refractivity contribution in [3.63, 3.8) is 0 Å². The third kappa shape index (κ3) is 3.51. The van der Waals surface area contributed by atoms with Gasteiger partial charge in [-0.3, -0.25) is 0 Å². The van der Waals surface area contributed by atoms with Crippen LogP contribution in [0.1, 0.15) is 11.1 Å². The van der Waals surface area contributed by atoms with Gasteiger partial charge in [-0.25, -0.2) is 0 Å². The number of alkyl halides is 2. The molecule has 0 atom stereocenters. The van der Waals surface area contributed by atoms with Crippen LogP contribution in [0.25, 0.3) is 0 Å². The Morgan fingerprint density at radius 2 is 1.50 bits per heavy atom. The molecule has 0 aliphatic heterocycles. The van der Waals surface area contributed by atoms with E-state index in [2.05, 4.69) is 22.0 Å². The summed E-state index contributed by atoms with van der Waals surface area (Å²) in [7, 11) is 0. The minimum Gasteiger partial charge on any atom is -0.126 e. The molecule has 0 nitrogen and oxygen atoms in total. The fourth-order valence-electron chi connectivity index (χ4n) is 2.25. The Morgan fingerprint density at radius 3 is 2.05 bits per heavy atom. The Bertz CT molecular complexity index is 562. The molecule has 0 aliphatic rings. The molecule has 0 aliphatic carbocycles. The van der Waals surface area contributed by atoms with Crippen LogP contribution in [-0.4, -0.2) is 11.8 Å². The Morgan fingerprint density at radius 1 is 0.900 bits per heavy atom. The van der Waals surface area contributed by atoms with Crippen molar-refractivity contribution in [3.05, 3.63) is 69.2 Å². The van der Waals surface area contributed by atoms with Gasteiger partial charge in [0, 0.05) is 26.7 Å². The monoisotopic (exact) mass is 390 g/mol. The van der Waals surface area contributed by atoms with Crippen molar-refractivity contribution >= 4 is 50.7 Å². The SMILES string of the molecule is ClCC(CCl)(Cc1ccc(Cl)cc1)c1ccccc1Br. The van der Waals surface area contributed by atoms with Crippen LogP contribution >= 0.6 is 50.7 Å². The molecule has 106 valence electrons. The molecule has 0 saturated carbocycles. The molecule has 0 spiro atoms. The standard InChI is InChI=1S/C16H14BrCl3/c17-15-4-2-1-3-14(15)16(10-18,11-19)9-12-5-7-13(20)8-6-12/h1-8H,9-11H2. The van der Waals surface area contributed by atoms with Crippen molar-refractivity contribution in [1.82, 2.24) is 0 Å². The van der Waals surface area contributed by atoms with Crippen LogP contribution < -0.4 is 0 Å². The van der Waals surface area contributed by atoms with Gasteiger partial charge >= 0.3 is 0 Å². The van der Waals surface area contributed by atoms with Crippen LogP contribution in [0, 0.1) is 0 Å². The number of halogens is 4. The lowest BCUT2D eigenvalue weighted by Crippen LogP contribution is -2.33. The molecule has 0 fully saturated rings. The first-order valence-electron chi connectivity index (χ1n) is 6.23. The normalized spacial score (nSPS) is 11.6. The van der Waals surface area contributed by atoms with Gasteiger partial charge in [0.15, 0.2) is 0 Å². The van der Waals surface area contributed by atoms with Gasteiger partial charge < -0.3 is 0 Å². The Balaban J connectivity index is 2.39. The van der Waals surface area contributed by atoms with Gasteiger partial charge in [0.05, 0.1) is 0 Å². The van der Waals surface area contributed by atoms with Gasteiger partial charge in [0.1, 0.15) is 0 Å². The second-order valence-electron chi connectivity index (χ2n) is 4.83. The van der Waals surface area contributed by atoms with Gasteiger partial charge in [-0.15, -0.1) is 23.2 Å². The number of hydrogen-bond acceptors (Lipinski definition) is 0. The highest BCUT2D eigenvalue weighted by Gasteiger charge is 2.32. The molecule has 4 heteroatoms. The average Bonchev–Trinajstić information content (AvgIpc) is 2.48. The summed E-state index contributed by atoms with van der Waals surface area (Å²) in [6.07, 6.45) is 0.778. The Hall–Kier alpha value is -0.210. The fourth-order valence-corrected chi connectivity index (χ4v) is 3.85. The predicted octanol–water partition coefficient (Wildman–Crippen LogP) is 6.06. The lowest BCUT2D eigenvalue weighted by atomic mass is 9.79. The molecule has 0 bridgehead atoms. The quantitative estimate of drug-likeness (QED) is 0.543. The summed E-state index contributed by atoms with van der Waals surface area (Å²) in [5, 5.41) is 0.733. The molecule has 20 heavy (non-hydrogen) atoms. The summed E-state index contributed by atoms with van der Waals surface area (Å²) in [5.74, 6) is 0.920. The van der Waals surface area contributed by atoms with Crippen LogP contribution in [0.2, 0.25) is 5.02 Å². The lowest BCUT2D eigenvalue weighted by Gasteiger charge is -2.31. The summed E-state index contributed by atoms with van der Waals surface area (Å²) in [6, 6.07) is 15.9. The zero-order valence-corrected chi connectivity index (χ0v) is 14.6. The van der Waals surface area contributed by atoms with Crippen molar-refractivity contribution in [1.29, 1.82) is 0 Å². The van der Waals surface area contributed by atoms with Crippen LogP contribution in [0.15, 0.2) is 53.0 Å². The number of rotatable bonds is 5. The molecule has 0 N–H and O–H groups in total. The van der Waals surface area contributed by atoms with Crippen LogP contribution in [0.3, 0.4) is 0 Å². The first-order valence-corrected chi connectivity index (χ1v) is 8.47.